The molecule has 1 spiro atoms. The number of hydrogen-bond donors (Lipinski definition) is 0. The largest absolute Gasteiger partial charge is 0.0819 e. The first-order valence-corrected chi connectivity index (χ1v) is 7.81. The van der Waals surface area contributed by atoms with Crippen molar-refractivity contribution in [3.05, 3.63) is 0 Å². The van der Waals surface area contributed by atoms with E-state index in [1.165, 1.54) is 12.8 Å². The fraction of sp³-hybridized carbons (Fsp3) is 1.00. The maximum Gasteiger partial charge on any atom is 0.0313 e. The second-order valence-corrected chi connectivity index (χ2v) is 7.80. The smallest absolute Gasteiger partial charge is 0.0313 e. The van der Waals surface area contributed by atoms with Gasteiger partial charge >= 0.3 is 0 Å². The summed E-state index contributed by atoms with van der Waals surface area (Å²) in [7, 11) is 0. The van der Waals surface area contributed by atoms with Gasteiger partial charge in [-0.25, -0.2) is 0 Å². The minimum Gasteiger partial charge on any atom is -0.0819 e. The van der Waals surface area contributed by atoms with Crippen LogP contribution in [0.25, 0.3) is 0 Å². The van der Waals surface area contributed by atoms with E-state index in [2.05, 4.69) is 74.7 Å². The van der Waals surface area contributed by atoms with E-state index in [1.54, 1.807) is 0 Å². The summed E-state index contributed by atoms with van der Waals surface area (Å²) in [5.41, 5.74) is 0.774. The second-order valence-electron chi connectivity index (χ2n) is 3.61. The van der Waals surface area contributed by atoms with Crippen molar-refractivity contribution in [3.63, 3.8) is 0 Å². The van der Waals surface area contributed by atoms with Crippen LogP contribution < -0.4 is 0 Å². The first kappa shape index (κ1) is 9.73. The Labute approximate surface area is 109 Å². The number of alkyl halides is 3. The molecule has 0 aliphatic heterocycles. The molecule has 0 bridgehead atoms. The highest BCUT2D eigenvalue weighted by Gasteiger charge is 2.73. The Bertz CT molecular complexity index is 164. The lowest BCUT2D eigenvalue weighted by atomic mass is 9.69. The van der Waals surface area contributed by atoms with Gasteiger partial charge in [0, 0.05) is 17.2 Å². The van der Waals surface area contributed by atoms with Gasteiger partial charge in [-0.15, -0.1) is 0 Å². The average molecular weight is 488 g/mol. The van der Waals surface area contributed by atoms with E-state index in [-0.39, 0.29) is 0 Å². The maximum absolute atomic E-state index is 2.66. The molecule has 0 N–H and O–H groups in total. The molecule has 0 heterocycles. The Kier molecular flexibility index (Phi) is 2.74. The summed E-state index contributed by atoms with van der Waals surface area (Å²) in [6.45, 7) is 2.35. The molecular formula is C8H11I3. The predicted octanol–water partition coefficient (Wildman–Crippen LogP) is 3.83. The van der Waals surface area contributed by atoms with Crippen molar-refractivity contribution in [2.24, 2.45) is 11.3 Å². The van der Waals surface area contributed by atoms with Crippen molar-refractivity contribution in [2.75, 3.05) is 0 Å². The summed E-state index contributed by atoms with van der Waals surface area (Å²) in [6.07, 6.45) is 2.88. The molecule has 64 valence electrons. The molecule has 4 atom stereocenters. The van der Waals surface area contributed by atoms with Gasteiger partial charge in [-0.05, 0) is 12.3 Å². The molecule has 0 aromatic carbocycles. The van der Waals surface area contributed by atoms with Gasteiger partial charge < -0.3 is 0 Å². The topological polar surface area (TPSA) is 0 Å². The minimum absolute atomic E-state index is 0.774. The first-order valence-electron chi connectivity index (χ1n) is 4.07. The zero-order valence-corrected chi connectivity index (χ0v) is 12.8. The summed E-state index contributed by atoms with van der Waals surface area (Å²) in [5, 5.41) is 0. The Morgan fingerprint density at radius 2 is 1.82 bits per heavy atom. The van der Waals surface area contributed by atoms with Crippen LogP contribution in [0.2, 0.25) is 0 Å². The maximum atomic E-state index is 2.66. The van der Waals surface area contributed by atoms with Gasteiger partial charge in [0.25, 0.3) is 0 Å². The average Bonchev–Trinajstić information content (AvgIpc) is 2.53. The van der Waals surface area contributed by atoms with Crippen molar-refractivity contribution < 1.29 is 0 Å². The van der Waals surface area contributed by atoms with Crippen LogP contribution in [0.15, 0.2) is 0 Å². The lowest BCUT2D eigenvalue weighted by Gasteiger charge is -2.43. The summed E-state index contributed by atoms with van der Waals surface area (Å²) in [5.74, 6) is 1.05. The molecule has 11 heavy (non-hydrogen) atoms. The number of hydrogen-bond acceptors (Lipinski definition) is 0. The Morgan fingerprint density at radius 1 is 1.27 bits per heavy atom. The van der Waals surface area contributed by atoms with E-state index in [1.807, 2.05) is 0 Å². The molecular weight excluding hydrogens is 477 g/mol. The second kappa shape index (κ2) is 3.10. The van der Waals surface area contributed by atoms with E-state index < -0.39 is 0 Å². The van der Waals surface area contributed by atoms with Gasteiger partial charge in [-0.1, -0.05) is 81.1 Å². The third kappa shape index (κ3) is 1.08. The van der Waals surface area contributed by atoms with Crippen LogP contribution in [0.5, 0.6) is 0 Å². The van der Waals surface area contributed by atoms with Crippen molar-refractivity contribution >= 4 is 67.8 Å². The van der Waals surface area contributed by atoms with E-state index in [4.69, 9.17) is 0 Å². The Morgan fingerprint density at radius 3 is 2.00 bits per heavy atom. The van der Waals surface area contributed by atoms with Crippen LogP contribution in [-0.4, -0.2) is 11.8 Å². The molecule has 2 fully saturated rings. The van der Waals surface area contributed by atoms with Gasteiger partial charge in [0.2, 0.25) is 0 Å². The minimum atomic E-state index is 0.774. The quantitative estimate of drug-likeness (QED) is 0.390. The van der Waals surface area contributed by atoms with Crippen LogP contribution in [0.4, 0.5) is 0 Å². The zero-order valence-electron chi connectivity index (χ0n) is 6.36. The molecule has 0 saturated heterocycles. The van der Waals surface area contributed by atoms with Gasteiger partial charge in [0.05, 0.1) is 0 Å². The third-order valence-corrected chi connectivity index (χ3v) is 9.90. The number of halogens is 3. The van der Waals surface area contributed by atoms with Crippen LogP contribution in [0, 0.1) is 11.3 Å². The fourth-order valence-electron chi connectivity index (χ4n) is 2.41. The highest BCUT2D eigenvalue weighted by Crippen LogP contribution is 2.73. The van der Waals surface area contributed by atoms with E-state index in [9.17, 15) is 0 Å². The molecule has 2 saturated carbocycles. The number of rotatable bonds is 1. The normalized spacial score (nSPS) is 61.1. The van der Waals surface area contributed by atoms with Gasteiger partial charge in [-0.3, -0.25) is 0 Å². The molecule has 3 heteroatoms. The van der Waals surface area contributed by atoms with Crippen LogP contribution in [0.3, 0.4) is 0 Å². The molecule has 2 rings (SSSR count). The van der Waals surface area contributed by atoms with E-state index in [0.29, 0.717) is 0 Å². The highest BCUT2D eigenvalue weighted by atomic mass is 127. The molecule has 2 aliphatic rings. The molecule has 0 aromatic rings. The SMILES string of the molecule is CCC1CC(I)C12C(I)C2I. The summed E-state index contributed by atoms with van der Waals surface area (Å²) in [4.78, 5) is 0. The third-order valence-electron chi connectivity index (χ3n) is 3.34. The molecule has 0 radical (unpaired) electrons. The fourth-order valence-corrected chi connectivity index (χ4v) is 9.86. The van der Waals surface area contributed by atoms with Crippen LogP contribution in [0.1, 0.15) is 19.8 Å². The summed E-state index contributed by atoms with van der Waals surface area (Å²) < 4.78 is 2.93. The van der Waals surface area contributed by atoms with Gasteiger partial charge in [0.15, 0.2) is 0 Å². The van der Waals surface area contributed by atoms with E-state index >= 15 is 0 Å². The molecule has 0 aromatic heterocycles. The standard InChI is InChI=1S/C8H11I3/c1-2-4-3-5(9)8(4)6(10)7(8)11/h4-7H,2-3H2,1H3. The molecule has 2 aliphatic carbocycles. The van der Waals surface area contributed by atoms with Crippen molar-refractivity contribution in [1.29, 1.82) is 0 Å². The van der Waals surface area contributed by atoms with Crippen molar-refractivity contribution in [3.8, 4) is 0 Å². The monoisotopic (exact) mass is 488 g/mol. The zero-order chi connectivity index (χ0) is 8.22. The summed E-state index contributed by atoms with van der Waals surface area (Å²) >= 11 is 7.96. The van der Waals surface area contributed by atoms with Gasteiger partial charge in [0.1, 0.15) is 0 Å². The molecule has 0 amide bonds. The molecule has 4 unspecified atom stereocenters. The summed E-state index contributed by atoms with van der Waals surface area (Å²) in [6, 6.07) is 0. The molecule has 0 nitrogen and oxygen atoms in total. The Balaban J connectivity index is 2.13. The van der Waals surface area contributed by atoms with Crippen LogP contribution >= 0.6 is 67.8 Å². The van der Waals surface area contributed by atoms with E-state index in [0.717, 1.165) is 23.1 Å². The lowest BCUT2D eigenvalue weighted by molar-refractivity contribution is 0.174. The Hall–Kier alpha value is 2.19. The van der Waals surface area contributed by atoms with Crippen LogP contribution in [-0.2, 0) is 0 Å². The van der Waals surface area contributed by atoms with Crippen molar-refractivity contribution in [2.45, 2.75) is 31.5 Å². The lowest BCUT2D eigenvalue weighted by Crippen LogP contribution is -2.42. The van der Waals surface area contributed by atoms with Crippen molar-refractivity contribution in [1.82, 2.24) is 0 Å². The first-order chi connectivity index (χ1) is 5.15. The highest BCUT2D eigenvalue weighted by molar-refractivity contribution is 14.1. The van der Waals surface area contributed by atoms with Gasteiger partial charge in [-0.2, -0.15) is 0 Å². The predicted molar refractivity (Wildman–Crippen MR) is 74.3 cm³/mol.